The van der Waals surface area contributed by atoms with Crippen molar-refractivity contribution in [2.75, 3.05) is 0 Å². The Labute approximate surface area is 115 Å². The predicted octanol–water partition coefficient (Wildman–Crippen LogP) is 3.22. The maximum atomic E-state index is 4.50. The fraction of sp³-hybridized carbons (Fsp3) is 0.214. The molecular formula is C14H14N4S. The zero-order valence-corrected chi connectivity index (χ0v) is 11.9. The summed E-state index contributed by atoms with van der Waals surface area (Å²) in [4.78, 5) is 10.0. The first-order valence-corrected chi connectivity index (χ1v) is 6.84. The van der Waals surface area contributed by atoms with Crippen LogP contribution in [-0.4, -0.2) is 19.7 Å². The Morgan fingerprint density at radius 1 is 1.05 bits per heavy atom. The predicted molar refractivity (Wildman–Crippen MR) is 77.0 cm³/mol. The highest BCUT2D eigenvalue weighted by molar-refractivity contribution is 7.14. The highest BCUT2D eigenvalue weighted by Crippen LogP contribution is 2.26. The molecular weight excluding hydrogens is 256 g/mol. The normalized spacial score (nSPS) is 10.9. The minimum Gasteiger partial charge on any atom is -0.272 e. The first-order valence-electron chi connectivity index (χ1n) is 6.03. The lowest BCUT2D eigenvalue weighted by Crippen LogP contribution is -1.92. The fourth-order valence-corrected chi connectivity index (χ4v) is 2.68. The molecule has 0 aromatic carbocycles. The lowest BCUT2D eigenvalue weighted by molar-refractivity contribution is 0.740. The maximum Gasteiger partial charge on any atom is 0.142 e. The van der Waals surface area contributed by atoms with Crippen molar-refractivity contribution in [3.8, 4) is 21.8 Å². The molecule has 0 saturated heterocycles. The van der Waals surface area contributed by atoms with Gasteiger partial charge in [0.2, 0.25) is 0 Å². The Bertz CT molecular complexity index is 709. The molecule has 4 nitrogen and oxygen atoms in total. The van der Waals surface area contributed by atoms with Gasteiger partial charge in [-0.3, -0.25) is 9.67 Å². The average Bonchev–Trinajstić information content (AvgIpc) is 2.98. The topological polar surface area (TPSA) is 43.6 Å². The minimum atomic E-state index is 0.920. The first kappa shape index (κ1) is 12.0. The molecule has 19 heavy (non-hydrogen) atoms. The van der Waals surface area contributed by atoms with Gasteiger partial charge in [-0.1, -0.05) is 6.07 Å². The molecule has 0 aliphatic heterocycles. The Kier molecular flexibility index (Phi) is 2.91. The SMILES string of the molecule is Cc1cnc(-c2ccc(-c3cnn(C)c3C)cn2)s1. The van der Waals surface area contributed by atoms with Crippen molar-refractivity contribution >= 4 is 11.3 Å². The van der Waals surface area contributed by atoms with Crippen LogP contribution in [0.25, 0.3) is 21.8 Å². The zero-order valence-electron chi connectivity index (χ0n) is 11.1. The van der Waals surface area contributed by atoms with Gasteiger partial charge in [-0.25, -0.2) is 4.98 Å². The van der Waals surface area contributed by atoms with Crippen molar-refractivity contribution in [3.63, 3.8) is 0 Å². The molecule has 0 aliphatic carbocycles. The Morgan fingerprint density at radius 3 is 2.42 bits per heavy atom. The third-order valence-corrected chi connectivity index (χ3v) is 4.09. The molecule has 3 aromatic heterocycles. The molecule has 96 valence electrons. The van der Waals surface area contributed by atoms with E-state index in [2.05, 4.69) is 35.0 Å². The third-order valence-electron chi connectivity index (χ3n) is 3.15. The van der Waals surface area contributed by atoms with Gasteiger partial charge in [-0.15, -0.1) is 11.3 Å². The minimum absolute atomic E-state index is 0.920. The van der Waals surface area contributed by atoms with Gasteiger partial charge >= 0.3 is 0 Å². The van der Waals surface area contributed by atoms with Crippen molar-refractivity contribution in [2.45, 2.75) is 13.8 Å². The third kappa shape index (κ3) is 2.17. The molecule has 0 bridgehead atoms. The number of aryl methyl sites for hydroxylation is 2. The van der Waals surface area contributed by atoms with Crippen LogP contribution in [0.3, 0.4) is 0 Å². The standard InChI is InChI=1S/C14H14N4S/c1-9-6-16-14(19-9)13-5-4-11(7-15-13)12-8-17-18(3)10(12)2/h4-8H,1-3H3. The van der Waals surface area contributed by atoms with Gasteiger partial charge in [-0.2, -0.15) is 5.10 Å². The van der Waals surface area contributed by atoms with Crippen LogP contribution in [0.1, 0.15) is 10.6 Å². The second-order valence-electron chi connectivity index (χ2n) is 4.48. The van der Waals surface area contributed by atoms with Crippen molar-refractivity contribution in [3.05, 3.63) is 41.3 Å². The van der Waals surface area contributed by atoms with E-state index in [0.717, 1.165) is 27.5 Å². The number of hydrogen-bond donors (Lipinski definition) is 0. The summed E-state index contributed by atoms with van der Waals surface area (Å²) < 4.78 is 1.87. The quantitative estimate of drug-likeness (QED) is 0.718. The molecule has 0 amide bonds. The fourth-order valence-electron chi connectivity index (χ4n) is 1.93. The summed E-state index contributed by atoms with van der Waals surface area (Å²) in [5, 5.41) is 5.22. The summed E-state index contributed by atoms with van der Waals surface area (Å²) >= 11 is 1.66. The Morgan fingerprint density at radius 2 is 1.89 bits per heavy atom. The van der Waals surface area contributed by atoms with Gasteiger partial charge in [0.1, 0.15) is 5.01 Å². The van der Waals surface area contributed by atoms with Gasteiger partial charge in [0, 0.05) is 41.1 Å². The first-order chi connectivity index (χ1) is 9.15. The zero-order chi connectivity index (χ0) is 13.4. The molecule has 0 N–H and O–H groups in total. The second kappa shape index (κ2) is 4.59. The second-order valence-corrected chi connectivity index (χ2v) is 5.71. The Balaban J connectivity index is 1.97. The number of nitrogens with zero attached hydrogens (tertiary/aromatic N) is 4. The molecule has 0 saturated carbocycles. The van der Waals surface area contributed by atoms with Crippen molar-refractivity contribution in [2.24, 2.45) is 7.05 Å². The van der Waals surface area contributed by atoms with Crippen LogP contribution in [0, 0.1) is 13.8 Å². The van der Waals surface area contributed by atoms with Crippen LogP contribution >= 0.6 is 11.3 Å². The number of pyridine rings is 1. The largest absolute Gasteiger partial charge is 0.272 e. The molecule has 3 aromatic rings. The van der Waals surface area contributed by atoms with E-state index in [1.165, 1.54) is 4.88 Å². The van der Waals surface area contributed by atoms with E-state index >= 15 is 0 Å². The summed E-state index contributed by atoms with van der Waals surface area (Å²) in [5.74, 6) is 0. The monoisotopic (exact) mass is 270 g/mol. The van der Waals surface area contributed by atoms with Crippen LogP contribution in [0.15, 0.2) is 30.7 Å². The van der Waals surface area contributed by atoms with Crippen LogP contribution in [0.2, 0.25) is 0 Å². The van der Waals surface area contributed by atoms with Crippen molar-refractivity contribution in [1.82, 2.24) is 19.7 Å². The lowest BCUT2D eigenvalue weighted by Gasteiger charge is -2.01. The van der Waals surface area contributed by atoms with E-state index in [9.17, 15) is 0 Å². The molecule has 0 aliphatic rings. The van der Waals surface area contributed by atoms with Gasteiger partial charge < -0.3 is 0 Å². The Hall–Kier alpha value is -2.01. The lowest BCUT2D eigenvalue weighted by atomic mass is 10.1. The molecule has 0 spiro atoms. The van der Waals surface area contributed by atoms with E-state index in [1.54, 1.807) is 11.3 Å². The summed E-state index contributed by atoms with van der Waals surface area (Å²) in [6.45, 7) is 4.11. The van der Waals surface area contributed by atoms with Crippen LogP contribution in [0.5, 0.6) is 0 Å². The highest BCUT2D eigenvalue weighted by Gasteiger charge is 2.08. The molecule has 3 heterocycles. The van der Waals surface area contributed by atoms with E-state index in [4.69, 9.17) is 0 Å². The molecule has 0 unspecified atom stereocenters. The van der Waals surface area contributed by atoms with Gasteiger partial charge in [0.05, 0.1) is 11.9 Å². The molecule has 5 heteroatoms. The number of aromatic nitrogens is 4. The van der Waals surface area contributed by atoms with E-state index in [1.807, 2.05) is 36.4 Å². The van der Waals surface area contributed by atoms with E-state index in [0.29, 0.717) is 0 Å². The molecule has 0 radical (unpaired) electrons. The highest BCUT2D eigenvalue weighted by atomic mass is 32.1. The summed E-state index contributed by atoms with van der Waals surface area (Å²) in [5.41, 5.74) is 4.27. The van der Waals surface area contributed by atoms with Crippen molar-refractivity contribution < 1.29 is 0 Å². The number of rotatable bonds is 2. The van der Waals surface area contributed by atoms with E-state index < -0.39 is 0 Å². The van der Waals surface area contributed by atoms with Crippen LogP contribution in [0.4, 0.5) is 0 Å². The van der Waals surface area contributed by atoms with Gasteiger partial charge in [0.25, 0.3) is 0 Å². The number of hydrogen-bond acceptors (Lipinski definition) is 4. The van der Waals surface area contributed by atoms with E-state index in [-0.39, 0.29) is 0 Å². The maximum absolute atomic E-state index is 4.50. The van der Waals surface area contributed by atoms with Gasteiger partial charge in [0.15, 0.2) is 0 Å². The molecule has 0 atom stereocenters. The molecule has 3 rings (SSSR count). The summed E-state index contributed by atoms with van der Waals surface area (Å²) in [7, 11) is 1.94. The molecule has 0 fully saturated rings. The van der Waals surface area contributed by atoms with Gasteiger partial charge in [-0.05, 0) is 19.9 Å². The van der Waals surface area contributed by atoms with Crippen LogP contribution in [-0.2, 0) is 7.05 Å². The van der Waals surface area contributed by atoms with Crippen LogP contribution < -0.4 is 0 Å². The van der Waals surface area contributed by atoms with Crippen molar-refractivity contribution in [1.29, 1.82) is 0 Å². The summed E-state index contributed by atoms with van der Waals surface area (Å²) in [6.07, 6.45) is 5.64. The summed E-state index contributed by atoms with van der Waals surface area (Å²) in [6, 6.07) is 4.09. The number of thiazole rings is 1. The average molecular weight is 270 g/mol. The smallest absolute Gasteiger partial charge is 0.142 e.